The van der Waals surface area contributed by atoms with Gasteiger partial charge < -0.3 is 14.2 Å². The predicted octanol–water partition coefficient (Wildman–Crippen LogP) is 3.58. The molecule has 2 aromatic heterocycles. The molecule has 1 N–H and O–H groups in total. The van der Waals surface area contributed by atoms with Gasteiger partial charge in [0.1, 0.15) is 22.1 Å². The van der Waals surface area contributed by atoms with Gasteiger partial charge in [0.25, 0.3) is 10.0 Å². The van der Waals surface area contributed by atoms with Crippen LogP contribution in [-0.4, -0.2) is 42.6 Å². The van der Waals surface area contributed by atoms with Crippen LogP contribution in [0.3, 0.4) is 0 Å². The molecule has 4 rings (SSSR count). The highest BCUT2D eigenvalue weighted by Crippen LogP contribution is 2.30. The van der Waals surface area contributed by atoms with Gasteiger partial charge in [0.2, 0.25) is 5.88 Å². The molecule has 0 amide bonds. The van der Waals surface area contributed by atoms with E-state index in [0.717, 1.165) is 5.69 Å². The van der Waals surface area contributed by atoms with E-state index >= 15 is 0 Å². The minimum absolute atomic E-state index is 0.0348. The lowest BCUT2D eigenvalue weighted by atomic mass is 10.3. The number of anilines is 1. The molecule has 0 saturated heterocycles. The molecule has 33 heavy (non-hydrogen) atoms. The number of hydrogen-bond donors (Lipinski definition) is 1. The second-order valence-electron chi connectivity index (χ2n) is 6.88. The lowest BCUT2D eigenvalue weighted by Crippen LogP contribution is -2.14. The second kappa shape index (κ2) is 9.17. The summed E-state index contributed by atoms with van der Waals surface area (Å²) in [6, 6.07) is 16.2. The molecule has 11 heteroatoms. The lowest BCUT2D eigenvalue weighted by Gasteiger charge is -2.13. The fraction of sp³-hybridized carbons (Fsp3) is 0.136. The quantitative estimate of drug-likeness (QED) is 0.418. The Hall–Kier alpha value is -4.12. The Bertz CT molecular complexity index is 1350. The van der Waals surface area contributed by atoms with E-state index in [2.05, 4.69) is 20.0 Å². The first-order chi connectivity index (χ1) is 15.9. The number of aryl methyl sites for hydroxylation is 1. The highest BCUT2D eigenvalue weighted by atomic mass is 32.2. The van der Waals surface area contributed by atoms with E-state index in [-0.39, 0.29) is 16.5 Å². The molecule has 10 nitrogen and oxygen atoms in total. The number of hydrogen-bond acceptors (Lipinski definition) is 8. The molecule has 0 aliphatic heterocycles. The van der Waals surface area contributed by atoms with Gasteiger partial charge in [0, 0.05) is 24.0 Å². The van der Waals surface area contributed by atoms with Crippen LogP contribution in [0.4, 0.5) is 5.69 Å². The maximum absolute atomic E-state index is 12.9. The van der Waals surface area contributed by atoms with Crippen molar-refractivity contribution in [2.45, 2.75) is 11.8 Å². The van der Waals surface area contributed by atoms with Crippen LogP contribution in [0, 0.1) is 6.92 Å². The van der Waals surface area contributed by atoms with Crippen LogP contribution in [0.2, 0.25) is 0 Å². The molecule has 0 radical (unpaired) electrons. The number of ether oxygens (including phenoxy) is 3. The third kappa shape index (κ3) is 5.04. The third-order valence-corrected chi connectivity index (χ3v) is 5.97. The van der Waals surface area contributed by atoms with Crippen LogP contribution in [-0.2, 0) is 10.0 Å². The summed E-state index contributed by atoms with van der Waals surface area (Å²) in [5.74, 6) is 1.92. The second-order valence-corrected chi connectivity index (χ2v) is 8.53. The zero-order chi connectivity index (χ0) is 23.4. The molecule has 2 heterocycles. The standard InChI is InChI=1S/C22H21N5O5S/c1-15-12-13-27(25-15)21-10-11-22(24-23-21)32-17-6-4-16(5-7-17)26-33(28,29)20-14-18(30-2)8-9-19(20)31-3/h4-14,26H,1-3H3. The summed E-state index contributed by atoms with van der Waals surface area (Å²) in [5.41, 5.74) is 1.22. The first-order valence-corrected chi connectivity index (χ1v) is 11.3. The van der Waals surface area contributed by atoms with Crippen molar-refractivity contribution in [2.24, 2.45) is 0 Å². The SMILES string of the molecule is COc1ccc(OC)c(S(=O)(=O)Nc2ccc(Oc3ccc(-n4ccc(C)n4)nn3)cc2)c1. The highest BCUT2D eigenvalue weighted by molar-refractivity contribution is 7.92. The number of nitrogens with one attached hydrogen (secondary N) is 1. The van der Waals surface area contributed by atoms with Crippen LogP contribution >= 0.6 is 0 Å². The minimum Gasteiger partial charge on any atom is -0.497 e. The molecule has 0 saturated carbocycles. The van der Waals surface area contributed by atoms with Crippen molar-refractivity contribution in [1.82, 2.24) is 20.0 Å². The van der Waals surface area contributed by atoms with E-state index in [1.165, 1.54) is 26.4 Å². The summed E-state index contributed by atoms with van der Waals surface area (Å²) in [6.45, 7) is 1.89. The van der Waals surface area contributed by atoms with Gasteiger partial charge >= 0.3 is 0 Å². The average Bonchev–Trinajstić information content (AvgIpc) is 3.26. The molecule has 4 aromatic rings. The predicted molar refractivity (Wildman–Crippen MR) is 121 cm³/mol. The highest BCUT2D eigenvalue weighted by Gasteiger charge is 2.21. The molecular weight excluding hydrogens is 446 g/mol. The van der Waals surface area contributed by atoms with Crippen LogP contribution in [0.25, 0.3) is 5.82 Å². The number of methoxy groups -OCH3 is 2. The summed E-state index contributed by atoms with van der Waals surface area (Å²) < 4.78 is 45.9. The summed E-state index contributed by atoms with van der Waals surface area (Å²) in [4.78, 5) is -0.0348. The minimum atomic E-state index is -3.92. The Balaban J connectivity index is 1.46. The molecule has 0 aliphatic rings. The number of nitrogens with zero attached hydrogens (tertiary/aromatic N) is 4. The van der Waals surface area contributed by atoms with Crippen molar-refractivity contribution >= 4 is 15.7 Å². The van der Waals surface area contributed by atoms with E-state index in [1.807, 2.05) is 13.0 Å². The van der Waals surface area contributed by atoms with Crippen molar-refractivity contribution < 1.29 is 22.6 Å². The summed E-state index contributed by atoms with van der Waals surface area (Å²) in [5, 5.41) is 12.4. The smallest absolute Gasteiger partial charge is 0.265 e. The summed E-state index contributed by atoms with van der Waals surface area (Å²) >= 11 is 0. The maximum Gasteiger partial charge on any atom is 0.265 e. The number of rotatable bonds is 8. The first-order valence-electron chi connectivity index (χ1n) is 9.77. The molecule has 170 valence electrons. The van der Waals surface area contributed by atoms with E-state index in [4.69, 9.17) is 14.2 Å². The Morgan fingerprint density at radius 3 is 2.24 bits per heavy atom. The molecule has 0 bridgehead atoms. The van der Waals surface area contributed by atoms with Crippen LogP contribution in [0.1, 0.15) is 5.69 Å². The van der Waals surface area contributed by atoms with Crippen LogP contribution < -0.4 is 18.9 Å². The monoisotopic (exact) mass is 467 g/mol. The van der Waals surface area contributed by atoms with Gasteiger partial charge in [-0.3, -0.25) is 4.72 Å². The largest absolute Gasteiger partial charge is 0.497 e. The van der Waals surface area contributed by atoms with Gasteiger partial charge in [-0.1, -0.05) is 0 Å². The van der Waals surface area contributed by atoms with Gasteiger partial charge in [0.15, 0.2) is 5.82 Å². The normalized spacial score (nSPS) is 11.1. The van der Waals surface area contributed by atoms with Crippen molar-refractivity contribution in [1.29, 1.82) is 0 Å². The Morgan fingerprint density at radius 1 is 0.879 bits per heavy atom. The zero-order valence-electron chi connectivity index (χ0n) is 18.1. The molecular formula is C22H21N5O5S. The Kier molecular flexibility index (Phi) is 6.13. The van der Waals surface area contributed by atoms with Gasteiger partial charge in [-0.25, -0.2) is 13.1 Å². The lowest BCUT2D eigenvalue weighted by molar-refractivity contribution is 0.392. The van der Waals surface area contributed by atoms with Gasteiger partial charge in [0.05, 0.1) is 19.9 Å². The van der Waals surface area contributed by atoms with E-state index < -0.39 is 10.0 Å². The van der Waals surface area contributed by atoms with E-state index in [1.54, 1.807) is 53.3 Å². The molecule has 0 atom stereocenters. The molecule has 0 spiro atoms. The summed E-state index contributed by atoms with van der Waals surface area (Å²) in [6.07, 6.45) is 1.79. The van der Waals surface area contributed by atoms with E-state index in [9.17, 15) is 8.42 Å². The van der Waals surface area contributed by atoms with Crippen LogP contribution in [0.5, 0.6) is 23.1 Å². The molecule has 2 aromatic carbocycles. The van der Waals surface area contributed by atoms with E-state index in [0.29, 0.717) is 23.0 Å². The van der Waals surface area contributed by atoms with Gasteiger partial charge in [-0.15, -0.1) is 10.2 Å². The summed E-state index contributed by atoms with van der Waals surface area (Å²) in [7, 11) is -1.06. The van der Waals surface area contributed by atoms with Crippen molar-refractivity contribution in [3.63, 3.8) is 0 Å². The first kappa shape index (κ1) is 22.1. The zero-order valence-corrected chi connectivity index (χ0v) is 18.9. The van der Waals surface area contributed by atoms with Crippen molar-refractivity contribution in [3.05, 3.63) is 72.6 Å². The topological polar surface area (TPSA) is 117 Å². The third-order valence-electron chi connectivity index (χ3n) is 4.57. The maximum atomic E-state index is 12.9. The van der Waals surface area contributed by atoms with Crippen molar-refractivity contribution in [3.8, 4) is 28.9 Å². The van der Waals surface area contributed by atoms with Crippen molar-refractivity contribution in [2.75, 3.05) is 18.9 Å². The Labute approximate surface area is 190 Å². The molecule has 0 fully saturated rings. The Morgan fingerprint density at radius 2 is 1.64 bits per heavy atom. The number of benzene rings is 2. The van der Waals surface area contributed by atoms with Gasteiger partial charge in [-0.05, 0) is 55.5 Å². The van der Waals surface area contributed by atoms with Crippen LogP contribution in [0.15, 0.2) is 71.8 Å². The average molecular weight is 468 g/mol. The number of aromatic nitrogens is 4. The fourth-order valence-corrected chi connectivity index (χ4v) is 4.19. The van der Waals surface area contributed by atoms with Gasteiger partial charge in [-0.2, -0.15) is 5.10 Å². The molecule has 0 unspecified atom stereocenters. The number of sulfonamides is 1. The molecule has 0 aliphatic carbocycles. The fourth-order valence-electron chi connectivity index (χ4n) is 2.95.